The van der Waals surface area contributed by atoms with Crippen LogP contribution in [0.2, 0.25) is 0 Å². The first-order valence-electron chi connectivity index (χ1n) is 7.12. The fourth-order valence-electron chi connectivity index (χ4n) is 2.21. The zero-order chi connectivity index (χ0) is 18.0. The SMILES string of the molecule is O=C([O-])C1=C(Nc2ccccc2)O/C(=C\c2ccc(F)c(Br)c2)C1=O. The van der Waals surface area contributed by atoms with Crippen LogP contribution < -0.4 is 10.4 Å². The van der Waals surface area contributed by atoms with Gasteiger partial charge in [0.15, 0.2) is 5.76 Å². The molecule has 0 atom stereocenters. The molecule has 7 heteroatoms. The lowest BCUT2D eigenvalue weighted by atomic mass is 10.1. The van der Waals surface area contributed by atoms with E-state index in [-0.39, 0.29) is 16.1 Å². The number of carbonyl (C=O) groups excluding carboxylic acids is 2. The predicted molar refractivity (Wildman–Crippen MR) is 90.3 cm³/mol. The van der Waals surface area contributed by atoms with Gasteiger partial charge < -0.3 is 20.0 Å². The van der Waals surface area contributed by atoms with Crippen LogP contribution in [0.4, 0.5) is 10.1 Å². The molecule has 0 aromatic heterocycles. The van der Waals surface area contributed by atoms with Gasteiger partial charge in [-0.15, -0.1) is 0 Å². The van der Waals surface area contributed by atoms with Gasteiger partial charge in [-0.05, 0) is 51.8 Å². The lowest BCUT2D eigenvalue weighted by molar-refractivity contribution is -0.298. The molecule has 0 radical (unpaired) electrons. The number of aliphatic carboxylic acids is 1. The number of hydrogen-bond acceptors (Lipinski definition) is 5. The van der Waals surface area contributed by atoms with Gasteiger partial charge in [0.2, 0.25) is 11.7 Å². The van der Waals surface area contributed by atoms with Gasteiger partial charge in [0.1, 0.15) is 11.4 Å². The molecule has 0 spiro atoms. The van der Waals surface area contributed by atoms with Gasteiger partial charge >= 0.3 is 0 Å². The normalized spacial score (nSPS) is 15.4. The summed E-state index contributed by atoms with van der Waals surface area (Å²) in [7, 11) is 0. The third-order valence-corrected chi connectivity index (χ3v) is 3.97. The summed E-state index contributed by atoms with van der Waals surface area (Å²) in [6.07, 6.45) is 1.33. The number of ketones is 1. The molecule has 0 saturated carbocycles. The van der Waals surface area contributed by atoms with Crippen LogP contribution in [-0.4, -0.2) is 11.8 Å². The second kappa shape index (κ2) is 6.90. The summed E-state index contributed by atoms with van der Waals surface area (Å²) in [6, 6.07) is 12.7. The number of hydrogen-bond donors (Lipinski definition) is 1. The van der Waals surface area contributed by atoms with Crippen LogP contribution in [0.1, 0.15) is 5.56 Å². The number of ether oxygens (including phenoxy) is 1. The smallest absolute Gasteiger partial charge is 0.235 e. The second-order valence-corrected chi connectivity index (χ2v) is 5.95. The first-order chi connectivity index (χ1) is 12.0. The van der Waals surface area contributed by atoms with Gasteiger partial charge in [-0.3, -0.25) is 4.79 Å². The topological polar surface area (TPSA) is 78.5 Å². The molecule has 2 aromatic carbocycles. The Morgan fingerprint density at radius 2 is 1.92 bits per heavy atom. The Hall–Kier alpha value is -2.93. The van der Waals surface area contributed by atoms with E-state index in [9.17, 15) is 19.1 Å². The van der Waals surface area contributed by atoms with Gasteiger partial charge in [0.25, 0.3) is 0 Å². The quantitative estimate of drug-likeness (QED) is 0.628. The molecule has 1 aliphatic heterocycles. The molecule has 25 heavy (non-hydrogen) atoms. The third kappa shape index (κ3) is 3.61. The Labute approximate surface area is 150 Å². The largest absolute Gasteiger partial charge is 0.544 e. The number of carboxylic acid groups (broad SMARTS) is 1. The lowest BCUT2D eigenvalue weighted by Gasteiger charge is -2.09. The summed E-state index contributed by atoms with van der Waals surface area (Å²) in [5.41, 5.74) is 0.418. The maximum Gasteiger partial charge on any atom is 0.235 e. The highest BCUT2D eigenvalue weighted by Gasteiger charge is 2.31. The highest BCUT2D eigenvalue weighted by Crippen LogP contribution is 2.28. The van der Waals surface area contributed by atoms with E-state index in [2.05, 4.69) is 21.2 Å². The van der Waals surface area contributed by atoms with E-state index in [1.54, 1.807) is 30.3 Å². The van der Waals surface area contributed by atoms with Crippen molar-refractivity contribution in [1.82, 2.24) is 0 Å². The van der Waals surface area contributed by atoms with E-state index < -0.39 is 23.1 Å². The Morgan fingerprint density at radius 3 is 2.56 bits per heavy atom. The molecule has 0 aliphatic carbocycles. The van der Waals surface area contributed by atoms with Crippen LogP contribution in [0, 0.1) is 5.82 Å². The van der Waals surface area contributed by atoms with Crippen LogP contribution in [0.25, 0.3) is 6.08 Å². The van der Waals surface area contributed by atoms with Gasteiger partial charge in [-0.1, -0.05) is 24.3 Å². The number of benzene rings is 2. The first-order valence-corrected chi connectivity index (χ1v) is 7.92. The van der Waals surface area contributed by atoms with Crippen molar-refractivity contribution in [3.8, 4) is 0 Å². The standard InChI is InChI=1S/C18H11BrFNO4/c19-12-8-10(6-7-13(12)20)9-14-16(22)15(18(23)24)17(25-14)21-11-4-2-1-3-5-11/h1-9,21H,(H,23,24)/p-1/b14-9-. The predicted octanol–water partition coefficient (Wildman–Crippen LogP) is 2.60. The monoisotopic (exact) mass is 402 g/mol. The first kappa shape index (κ1) is 16.9. The molecule has 0 fully saturated rings. The highest BCUT2D eigenvalue weighted by molar-refractivity contribution is 9.10. The van der Waals surface area contributed by atoms with Crippen molar-refractivity contribution in [2.75, 3.05) is 5.32 Å². The van der Waals surface area contributed by atoms with E-state index in [1.165, 1.54) is 24.3 Å². The van der Waals surface area contributed by atoms with Crippen molar-refractivity contribution >= 4 is 39.4 Å². The molecule has 0 bridgehead atoms. The van der Waals surface area contributed by atoms with E-state index in [0.29, 0.717) is 11.3 Å². The summed E-state index contributed by atoms with van der Waals surface area (Å²) >= 11 is 3.04. The summed E-state index contributed by atoms with van der Waals surface area (Å²) < 4.78 is 18.9. The third-order valence-electron chi connectivity index (χ3n) is 3.37. The van der Waals surface area contributed by atoms with E-state index in [1.807, 2.05) is 0 Å². The highest BCUT2D eigenvalue weighted by atomic mass is 79.9. The van der Waals surface area contributed by atoms with Crippen molar-refractivity contribution in [2.24, 2.45) is 0 Å². The number of nitrogens with one attached hydrogen (secondary N) is 1. The Balaban J connectivity index is 1.93. The molecule has 1 heterocycles. The van der Waals surface area contributed by atoms with Crippen molar-refractivity contribution in [3.05, 3.63) is 81.6 Å². The Kier molecular flexibility index (Phi) is 4.67. The van der Waals surface area contributed by atoms with Crippen molar-refractivity contribution in [2.45, 2.75) is 0 Å². The number of anilines is 1. The lowest BCUT2D eigenvalue weighted by Crippen LogP contribution is -2.28. The van der Waals surface area contributed by atoms with E-state index in [4.69, 9.17) is 4.74 Å². The molecule has 1 N–H and O–H groups in total. The van der Waals surface area contributed by atoms with Gasteiger partial charge in [-0.2, -0.15) is 0 Å². The number of halogens is 2. The van der Waals surface area contributed by atoms with Crippen LogP contribution in [-0.2, 0) is 14.3 Å². The minimum atomic E-state index is -1.65. The van der Waals surface area contributed by atoms with Gasteiger partial charge in [0.05, 0.1) is 10.4 Å². The minimum absolute atomic E-state index is 0.198. The number of Topliss-reactive ketones (excluding diaryl/α,β-unsaturated/α-hetero) is 1. The molecule has 5 nitrogen and oxygen atoms in total. The average Bonchev–Trinajstić information content (AvgIpc) is 2.87. The Morgan fingerprint density at radius 1 is 1.20 bits per heavy atom. The molecular formula is C18H10BrFNO4-. The van der Waals surface area contributed by atoms with Gasteiger partial charge in [-0.25, -0.2) is 4.39 Å². The molecule has 0 unspecified atom stereocenters. The number of carbonyl (C=O) groups is 2. The Bertz CT molecular complexity index is 922. The van der Waals surface area contributed by atoms with Crippen molar-refractivity contribution in [1.29, 1.82) is 0 Å². The molecule has 0 saturated heterocycles. The number of carboxylic acids is 1. The molecule has 126 valence electrons. The average molecular weight is 403 g/mol. The van der Waals surface area contributed by atoms with Crippen LogP contribution in [0.15, 0.2) is 70.2 Å². The number of rotatable bonds is 4. The maximum atomic E-state index is 13.3. The summed E-state index contributed by atoms with van der Waals surface area (Å²) in [4.78, 5) is 23.6. The summed E-state index contributed by atoms with van der Waals surface area (Å²) in [5.74, 6) is -3.34. The van der Waals surface area contributed by atoms with Gasteiger partial charge in [0, 0.05) is 5.69 Å². The number of allylic oxidation sites excluding steroid dienone is 1. The zero-order valence-corrected chi connectivity index (χ0v) is 14.2. The summed E-state index contributed by atoms with van der Waals surface area (Å²) in [5, 5.41) is 14.1. The fraction of sp³-hybridized carbons (Fsp3) is 0. The van der Waals surface area contributed by atoms with E-state index >= 15 is 0 Å². The maximum absolute atomic E-state index is 13.3. The molecular weight excluding hydrogens is 393 g/mol. The molecule has 1 aliphatic rings. The molecule has 3 rings (SSSR count). The van der Waals surface area contributed by atoms with E-state index in [0.717, 1.165) is 0 Å². The minimum Gasteiger partial charge on any atom is -0.544 e. The molecule has 2 aromatic rings. The van der Waals surface area contributed by atoms with Crippen molar-refractivity contribution < 1.29 is 23.8 Å². The van der Waals surface area contributed by atoms with Crippen molar-refractivity contribution in [3.63, 3.8) is 0 Å². The second-order valence-electron chi connectivity index (χ2n) is 5.10. The summed E-state index contributed by atoms with van der Waals surface area (Å²) in [6.45, 7) is 0. The van der Waals surface area contributed by atoms with Crippen LogP contribution >= 0.6 is 15.9 Å². The van der Waals surface area contributed by atoms with Crippen LogP contribution in [0.3, 0.4) is 0 Å². The van der Waals surface area contributed by atoms with Crippen LogP contribution in [0.5, 0.6) is 0 Å². The zero-order valence-electron chi connectivity index (χ0n) is 12.6. The molecule has 0 amide bonds. The fourth-order valence-corrected chi connectivity index (χ4v) is 2.60. The number of para-hydroxylation sites is 1.